The van der Waals surface area contributed by atoms with Crippen LogP contribution in [0.5, 0.6) is 11.5 Å². The Morgan fingerprint density at radius 3 is 2.65 bits per heavy atom. The lowest BCUT2D eigenvalue weighted by atomic mass is 10.0. The second-order valence-electron chi connectivity index (χ2n) is 5.98. The summed E-state index contributed by atoms with van der Waals surface area (Å²) in [5, 5.41) is 0. The number of carbonyl (C=O) groups excluding carboxylic acids is 2. The van der Waals surface area contributed by atoms with Gasteiger partial charge in [-0.05, 0) is 44.0 Å². The molecule has 1 heterocycles. The maximum atomic E-state index is 12.6. The predicted octanol–water partition coefficient (Wildman–Crippen LogP) is 3.94. The van der Waals surface area contributed by atoms with E-state index < -0.39 is 12.1 Å². The second-order valence-corrected chi connectivity index (χ2v) is 5.98. The molecular formula is C21H20O5. The largest absolute Gasteiger partial charge is 0.479 e. The van der Waals surface area contributed by atoms with Gasteiger partial charge in [-0.15, -0.1) is 0 Å². The smallest absolute Gasteiger partial charge is 0.347 e. The third-order valence-electron chi connectivity index (χ3n) is 3.97. The monoisotopic (exact) mass is 352 g/mol. The molecule has 0 radical (unpaired) electrons. The normalized spacial score (nSPS) is 15.3. The molecule has 1 aliphatic rings. The molecule has 0 spiro atoms. The highest BCUT2D eigenvalue weighted by Crippen LogP contribution is 2.37. The highest BCUT2D eigenvalue weighted by molar-refractivity contribution is 6.15. The minimum Gasteiger partial charge on any atom is -0.479 e. The number of hydrogen-bond acceptors (Lipinski definition) is 5. The van der Waals surface area contributed by atoms with E-state index in [1.54, 1.807) is 32.1 Å². The number of ketones is 1. The molecule has 0 aromatic heterocycles. The molecule has 0 N–H and O–H groups in total. The zero-order chi connectivity index (χ0) is 18.7. The third kappa shape index (κ3) is 3.61. The van der Waals surface area contributed by atoms with Crippen molar-refractivity contribution in [3.05, 3.63) is 64.9 Å². The number of benzene rings is 2. The van der Waals surface area contributed by atoms with E-state index in [1.807, 2.05) is 37.3 Å². The molecule has 26 heavy (non-hydrogen) atoms. The molecule has 134 valence electrons. The number of allylic oxidation sites excluding steroid dienone is 1. The van der Waals surface area contributed by atoms with Crippen molar-refractivity contribution in [2.75, 3.05) is 6.61 Å². The van der Waals surface area contributed by atoms with Crippen LogP contribution in [0, 0.1) is 6.92 Å². The summed E-state index contributed by atoms with van der Waals surface area (Å²) in [7, 11) is 0. The Kier molecular flexibility index (Phi) is 5.07. The molecule has 1 unspecified atom stereocenters. The third-order valence-corrected chi connectivity index (χ3v) is 3.97. The summed E-state index contributed by atoms with van der Waals surface area (Å²) in [5.74, 6) is 0.558. The van der Waals surface area contributed by atoms with Crippen LogP contribution in [-0.4, -0.2) is 24.5 Å². The SMILES string of the molecule is CCOC(=O)C(C)Oc1cc(C)c2c(c1)O/C(=C\c1ccccc1)C2=O. The van der Waals surface area contributed by atoms with Crippen molar-refractivity contribution in [3.8, 4) is 11.5 Å². The van der Waals surface area contributed by atoms with Crippen molar-refractivity contribution >= 4 is 17.8 Å². The average molecular weight is 352 g/mol. The molecule has 0 saturated carbocycles. The molecule has 0 amide bonds. The Balaban J connectivity index is 1.85. The van der Waals surface area contributed by atoms with Gasteiger partial charge in [0, 0.05) is 6.07 Å². The van der Waals surface area contributed by atoms with Crippen molar-refractivity contribution in [2.24, 2.45) is 0 Å². The van der Waals surface area contributed by atoms with Gasteiger partial charge in [0.05, 0.1) is 12.2 Å². The maximum absolute atomic E-state index is 12.6. The van der Waals surface area contributed by atoms with Crippen molar-refractivity contribution < 1.29 is 23.8 Å². The van der Waals surface area contributed by atoms with Crippen molar-refractivity contribution in [2.45, 2.75) is 26.9 Å². The highest BCUT2D eigenvalue weighted by atomic mass is 16.6. The molecule has 1 atom stereocenters. The summed E-state index contributed by atoms with van der Waals surface area (Å²) >= 11 is 0. The number of rotatable bonds is 5. The lowest BCUT2D eigenvalue weighted by Gasteiger charge is -2.14. The summed E-state index contributed by atoms with van der Waals surface area (Å²) in [6.45, 7) is 5.46. The first-order valence-corrected chi connectivity index (χ1v) is 8.46. The number of Topliss-reactive ketones (excluding diaryl/α,β-unsaturated/α-hetero) is 1. The number of carbonyl (C=O) groups is 2. The lowest BCUT2D eigenvalue weighted by Crippen LogP contribution is -2.26. The van der Waals surface area contributed by atoms with Crippen LogP contribution in [0.3, 0.4) is 0 Å². The fraction of sp³-hybridized carbons (Fsp3) is 0.238. The van der Waals surface area contributed by atoms with Crippen LogP contribution in [0.1, 0.15) is 35.3 Å². The Hall–Kier alpha value is -3.08. The average Bonchev–Trinajstić information content (AvgIpc) is 2.92. The van der Waals surface area contributed by atoms with Gasteiger partial charge in [0.15, 0.2) is 11.9 Å². The van der Waals surface area contributed by atoms with E-state index in [2.05, 4.69) is 0 Å². The van der Waals surface area contributed by atoms with Gasteiger partial charge in [-0.1, -0.05) is 30.3 Å². The molecule has 0 fully saturated rings. The number of aryl methyl sites for hydroxylation is 1. The van der Waals surface area contributed by atoms with Gasteiger partial charge < -0.3 is 14.2 Å². The molecule has 2 aromatic carbocycles. The fourth-order valence-electron chi connectivity index (χ4n) is 2.76. The fourth-order valence-corrected chi connectivity index (χ4v) is 2.76. The van der Waals surface area contributed by atoms with Gasteiger partial charge >= 0.3 is 5.97 Å². The molecular weight excluding hydrogens is 332 g/mol. The topological polar surface area (TPSA) is 61.8 Å². The zero-order valence-corrected chi connectivity index (χ0v) is 14.9. The van der Waals surface area contributed by atoms with Gasteiger partial charge in [0.1, 0.15) is 11.5 Å². The standard InChI is InChI=1S/C21H20O5/c1-4-24-21(23)14(3)25-16-10-13(2)19-17(12-16)26-18(20(19)22)11-15-8-6-5-7-9-15/h5-12,14H,4H2,1-3H3/b18-11-. The summed E-state index contributed by atoms with van der Waals surface area (Å²) in [5.41, 5.74) is 2.13. The van der Waals surface area contributed by atoms with Crippen LogP contribution in [0.2, 0.25) is 0 Å². The van der Waals surface area contributed by atoms with Crippen molar-refractivity contribution in [3.63, 3.8) is 0 Å². The van der Waals surface area contributed by atoms with Crippen LogP contribution < -0.4 is 9.47 Å². The molecule has 5 heteroatoms. The lowest BCUT2D eigenvalue weighted by molar-refractivity contribution is -0.150. The van der Waals surface area contributed by atoms with E-state index >= 15 is 0 Å². The number of hydrogen-bond donors (Lipinski definition) is 0. The molecule has 0 aliphatic carbocycles. The van der Waals surface area contributed by atoms with Crippen LogP contribution in [0.15, 0.2) is 48.2 Å². The Morgan fingerprint density at radius 1 is 1.23 bits per heavy atom. The minimum absolute atomic E-state index is 0.161. The number of fused-ring (bicyclic) bond motifs is 1. The van der Waals surface area contributed by atoms with Gasteiger partial charge in [-0.3, -0.25) is 4.79 Å². The van der Waals surface area contributed by atoms with Gasteiger partial charge in [-0.25, -0.2) is 4.79 Å². The first kappa shape index (κ1) is 17.7. The summed E-state index contributed by atoms with van der Waals surface area (Å²) in [6, 6.07) is 12.8. The van der Waals surface area contributed by atoms with E-state index in [-0.39, 0.29) is 11.5 Å². The Labute approximate surface area is 152 Å². The number of ether oxygens (including phenoxy) is 3. The van der Waals surface area contributed by atoms with Gasteiger partial charge in [-0.2, -0.15) is 0 Å². The van der Waals surface area contributed by atoms with E-state index in [0.29, 0.717) is 23.7 Å². The molecule has 5 nitrogen and oxygen atoms in total. The van der Waals surface area contributed by atoms with E-state index in [4.69, 9.17) is 14.2 Å². The molecule has 1 aliphatic heterocycles. The van der Waals surface area contributed by atoms with E-state index in [1.165, 1.54) is 0 Å². The van der Waals surface area contributed by atoms with Crippen LogP contribution in [-0.2, 0) is 9.53 Å². The molecule has 2 aromatic rings. The van der Waals surface area contributed by atoms with Crippen LogP contribution in [0.4, 0.5) is 0 Å². The predicted molar refractivity (Wildman–Crippen MR) is 97.3 cm³/mol. The first-order chi connectivity index (χ1) is 12.5. The van der Waals surface area contributed by atoms with Crippen LogP contribution in [0.25, 0.3) is 6.08 Å². The summed E-state index contributed by atoms with van der Waals surface area (Å²) in [6.07, 6.45) is 0.965. The zero-order valence-electron chi connectivity index (χ0n) is 14.9. The highest BCUT2D eigenvalue weighted by Gasteiger charge is 2.30. The summed E-state index contributed by atoms with van der Waals surface area (Å²) < 4.78 is 16.3. The van der Waals surface area contributed by atoms with Crippen molar-refractivity contribution in [1.29, 1.82) is 0 Å². The van der Waals surface area contributed by atoms with E-state index in [9.17, 15) is 9.59 Å². The summed E-state index contributed by atoms with van der Waals surface area (Å²) in [4.78, 5) is 24.4. The quantitative estimate of drug-likeness (QED) is 0.602. The van der Waals surface area contributed by atoms with E-state index in [0.717, 1.165) is 11.1 Å². The Morgan fingerprint density at radius 2 is 1.96 bits per heavy atom. The van der Waals surface area contributed by atoms with Gasteiger partial charge in [0.25, 0.3) is 0 Å². The maximum Gasteiger partial charge on any atom is 0.347 e. The first-order valence-electron chi connectivity index (χ1n) is 8.46. The molecule has 3 rings (SSSR count). The Bertz CT molecular complexity index is 867. The molecule has 0 saturated heterocycles. The number of esters is 1. The second kappa shape index (κ2) is 7.44. The van der Waals surface area contributed by atoms with Crippen LogP contribution >= 0.6 is 0 Å². The van der Waals surface area contributed by atoms with Crippen molar-refractivity contribution in [1.82, 2.24) is 0 Å². The van der Waals surface area contributed by atoms with Gasteiger partial charge in [0.2, 0.25) is 5.78 Å². The minimum atomic E-state index is -0.746. The molecule has 0 bridgehead atoms.